The van der Waals surface area contributed by atoms with E-state index in [2.05, 4.69) is 49.3 Å². The number of amides is 1. The molecule has 0 saturated carbocycles. The quantitative estimate of drug-likeness (QED) is 0.182. The molecule has 0 fully saturated rings. The Morgan fingerprint density at radius 2 is 1.83 bits per heavy atom. The summed E-state index contributed by atoms with van der Waals surface area (Å²) in [5.41, 5.74) is 3.36. The van der Waals surface area contributed by atoms with Crippen molar-refractivity contribution in [3.05, 3.63) is 66.6 Å². The van der Waals surface area contributed by atoms with Crippen LogP contribution in [0.1, 0.15) is 48.5 Å². The molecule has 0 saturated heterocycles. The molecule has 0 atom stereocenters. The predicted octanol–water partition coefficient (Wildman–Crippen LogP) is 5.84. The Kier molecular flexibility index (Phi) is 9.27. The Balaban J connectivity index is 1.94. The van der Waals surface area contributed by atoms with Crippen LogP contribution in [0.3, 0.4) is 0 Å². The lowest BCUT2D eigenvalue weighted by Gasteiger charge is -2.11. The summed E-state index contributed by atoms with van der Waals surface area (Å²) in [5.74, 6) is 0.273. The van der Waals surface area contributed by atoms with Crippen LogP contribution in [0.2, 0.25) is 0 Å². The number of hydrogen-bond donors (Lipinski definition) is 1. The number of hydrogen-bond acceptors (Lipinski definition) is 5. The van der Waals surface area contributed by atoms with Gasteiger partial charge in [-0.25, -0.2) is 5.43 Å². The van der Waals surface area contributed by atoms with Crippen molar-refractivity contribution in [1.82, 2.24) is 5.43 Å². The summed E-state index contributed by atoms with van der Waals surface area (Å²) in [4.78, 5) is 22.2. The van der Waals surface area contributed by atoms with Gasteiger partial charge in [-0.15, -0.1) is 0 Å². The summed E-state index contributed by atoms with van der Waals surface area (Å²) >= 11 is 7.00. The van der Waals surface area contributed by atoms with Gasteiger partial charge in [-0.1, -0.05) is 26.2 Å². The van der Waals surface area contributed by atoms with Gasteiger partial charge >= 0.3 is 0 Å². The van der Waals surface area contributed by atoms with Gasteiger partial charge in [0.15, 0.2) is 0 Å². The lowest BCUT2D eigenvalue weighted by molar-refractivity contribution is -0.384. The first-order chi connectivity index (χ1) is 13.9. The Morgan fingerprint density at radius 1 is 1.17 bits per heavy atom. The van der Waals surface area contributed by atoms with E-state index < -0.39 is 10.8 Å². The summed E-state index contributed by atoms with van der Waals surface area (Å²) in [7, 11) is 0. The van der Waals surface area contributed by atoms with E-state index in [1.807, 2.05) is 12.1 Å². The molecule has 154 valence electrons. The number of nitro benzene ring substituents is 1. The van der Waals surface area contributed by atoms with Gasteiger partial charge in [-0.05, 0) is 68.1 Å². The van der Waals surface area contributed by atoms with E-state index in [0.29, 0.717) is 6.61 Å². The number of ether oxygens (including phenoxy) is 1. The van der Waals surface area contributed by atoms with Crippen molar-refractivity contribution < 1.29 is 14.5 Å². The lowest BCUT2D eigenvalue weighted by Crippen LogP contribution is -2.17. The van der Waals surface area contributed by atoms with Gasteiger partial charge in [0, 0.05) is 17.7 Å². The molecule has 1 N–H and O–H groups in total. The molecule has 0 radical (unpaired) electrons. The molecule has 9 heteroatoms. The van der Waals surface area contributed by atoms with Crippen LogP contribution < -0.4 is 10.2 Å². The number of non-ortho nitro benzene ring substituents is 1. The second kappa shape index (κ2) is 11.7. The minimum Gasteiger partial charge on any atom is -0.491 e. The van der Waals surface area contributed by atoms with Gasteiger partial charge in [0.2, 0.25) is 0 Å². The highest BCUT2D eigenvalue weighted by Gasteiger charge is 2.10. The number of halogens is 2. The Morgan fingerprint density at radius 3 is 2.41 bits per heavy atom. The third-order valence-corrected chi connectivity index (χ3v) is 5.16. The van der Waals surface area contributed by atoms with Crippen molar-refractivity contribution in [3.63, 3.8) is 0 Å². The van der Waals surface area contributed by atoms with Crippen LogP contribution in [0.15, 0.2) is 50.4 Å². The summed E-state index contributed by atoms with van der Waals surface area (Å²) in [5, 5.41) is 14.6. The Labute approximate surface area is 185 Å². The van der Waals surface area contributed by atoms with Crippen molar-refractivity contribution in [2.45, 2.75) is 32.6 Å². The van der Waals surface area contributed by atoms with E-state index >= 15 is 0 Å². The van der Waals surface area contributed by atoms with Gasteiger partial charge in [0.1, 0.15) is 5.75 Å². The maximum atomic E-state index is 12.1. The number of benzene rings is 2. The molecule has 0 bridgehead atoms. The highest BCUT2D eigenvalue weighted by molar-refractivity contribution is 9.11. The minimum absolute atomic E-state index is 0.0765. The number of carbonyl (C=O) groups is 1. The van der Waals surface area contributed by atoms with Crippen molar-refractivity contribution in [1.29, 1.82) is 0 Å². The van der Waals surface area contributed by atoms with Crippen LogP contribution in [0.4, 0.5) is 5.69 Å². The molecule has 29 heavy (non-hydrogen) atoms. The van der Waals surface area contributed by atoms with Crippen LogP contribution >= 0.6 is 31.9 Å². The van der Waals surface area contributed by atoms with E-state index in [1.54, 1.807) is 0 Å². The summed E-state index contributed by atoms with van der Waals surface area (Å²) in [6.45, 7) is 2.82. The lowest BCUT2D eigenvalue weighted by atomic mass is 10.2. The molecular weight excluding hydrogens is 506 g/mol. The van der Waals surface area contributed by atoms with Gasteiger partial charge in [-0.3, -0.25) is 14.9 Å². The van der Waals surface area contributed by atoms with Crippen molar-refractivity contribution in [2.24, 2.45) is 5.10 Å². The van der Waals surface area contributed by atoms with Gasteiger partial charge in [0.25, 0.3) is 11.6 Å². The third kappa shape index (κ3) is 7.25. The fourth-order valence-electron chi connectivity index (χ4n) is 2.46. The predicted molar refractivity (Wildman–Crippen MR) is 120 cm³/mol. The Hall–Kier alpha value is -2.26. The topological polar surface area (TPSA) is 93.8 Å². The van der Waals surface area contributed by atoms with Crippen molar-refractivity contribution >= 4 is 49.7 Å². The van der Waals surface area contributed by atoms with E-state index in [0.717, 1.165) is 33.1 Å². The normalized spacial score (nSPS) is 10.9. The van der Waals surface area contributed by atoms with Gasteiger partial charge < -0.3 is 4.74 Å². The monoisotopic (exact) mass is 525 g/mol. The fourth-order valence-corrected chi connectivity index (χ4v) is 3.91. The number of nitrogens with one attached hydrogen (secondary N) is 1. The number of nitrogens with zero attached hydrogens (tertiary/aromatic N) is 2. The second-order valence-corrected chi connectivity index (χ2v) is 7.93. The molecule has 0 aromatic heterocycles. The molecule has 0 aliphatic carbocycles. The molecule has 0 spiro atoms. The molecule has 0 heterocycles. The number of hydrazone groups is 1. The van der Waals surface area contributed by atoms with Crippen LogP contribution in [-0.2, 0) is 0 Å². The SMILES string of the molecule is CCCCCCOc1c(Br)cc(/C=N/NC(=O)c2ccc([N+](=O)[O-])cc2)cc1Br. The average Bonchev–Trinajstić information content (AvgIpc) is 2.69. The molecule has 0 aliphatic rings. The summed E-state index contributed by atoms with van der Waals surface area (Å²) in [6, 6.07) is 8.98. The number of unbranched alkanes of at least 4 members (excludes halogenated alkanes) is 3. The molecular formula is C20H21Br2N3O4. The summed E-state index contributed by atoms with van der Waals surface area (Å²) in [6.07, 6.45) is 6.04. The van der Waals surface area contributed by atoms with Crippen LogP contribution in [0.25, 0.3) is 0 Å². The number of carbonyl (C=O) groups excluding carboxylic acids is 1. The van der Waals surface area contributed by atoms with Crippen LogP contribution in [-0.4, -0.2) is 23.7 Å². The zero-order chi connectivity index (χ0) is 21.2. The third-order valence-electron chi connectivity index (χ3n) is 3.98. The molecule has 1 amide bonds. The van der Waals surface area contributed by atoms with Gasteiger partial charge in [0.05, 0.1) is 26.7 Å². The molecule has 0 unspecified atom stereocenters. The summed E-state index contributed by atoms with van der Waals surface area (Å²) < 4.78 is 7.41. The Bertz CT molecular complexity index is 863. The molecule has 2 aromatic rings. The van der Waals surface area contributed by atoms with E-state index in [4.69, 9.17) is 4.74 Å². The van der Waals surface area contributed by atoms with Gasteiger partial charge in [-0.2, -0.15) is 5.10 Å². The standard InChI is InChI=1S/C20H21Br2N3O4/c1-2-3-4-5-10-29-19-17(21)11-14(12-18(19)22)13-23-24-20(26)15-6-8-16(9-7-15)25(27)28/h6-9,11-13H,2-5,10H2,1H3,(H,24,26)/b23-13+. The molecule has 2 rings (SSSR count). The number of nitro groups is 1. The van der Waals surface area contributed by atoms with Crippen LogP contribution in [0.5, 0.6) is 5.75 Å². The van der Waals surface area contributed by atoms with Crippen molar-refractivity contribution in [3.8, 4) is 5.75 Å². The zero-order valence-corrected chi connectivity index (χ0v) is 19.0. The largest absolute Gasteiger partial charge is 0.491 e. The fraction of sp³-hybridized carbons (Fsp3) is 0.300. The maximum Gasteiger partial charge on any atom is 0.271 e. The first-order valence-electron chi connectivity index (χ1n) is 9.12. The maximum absolute atomic E-state index is 12.1. The second-order valence-electron chi connectivity index (χ2n) is 6.23. The first-order valence-corrected chi connectivity index (χ1v) is 10.7. The van der Waals surface area contributed by atoms with Crippen LogP contribution in [0, 0.1) is 10.1 Å². The molecule has 0 aliphatic heterocycles. The molecule has 7 nitrogen and oxygen atoms in total. The first kappa shape index (κ1) is 23.0. The highest BCUT2D eigenvalue weighted by atomic mass is 79.9. The molecule has 2 aromatic carbocycles. The average molecular weight is 527 g/mol. The zero-order valence-electron chi connectivity index (χ0n) is 15.9. The van der Waals surface area contributed by atoms with E-state index in [1.165, 1.54) is 43.3 Å². The number of rotatable bonds is 10. The minimum atomic E-state index is -0.520. The highest BCUT2D eigenvalue weighted by Crippen LogP contribution is 2.34. The van der Waals surface area contributed by atoms with E-state index in [9.17, 15) is 14.9 Å². The smallest absolute Gasteiger partial charge is 0.271 e. The van der Waals surface area contributed by atoms with E-state index in [-0.39, 0.29) is 11.3 Å². The van der Waals surface area contributed by atoms with Crippen molar-refractivity contribution in [2.75, 3.05) is 6.61 Å².